The van der Waals surface area contributed by atoms with Gasteiger partial charge in [-0.05, 0) is 38.5 Å². The van der Waals surface area contributed by atoms with E-state index in [2.05, 4.69) is 4.90 Å². The molecule has 4 nitrogen and oxygen atoms in total. The summed E-state index contributed by atoms with van der Waals surface area (Å²) in [5.41, 5.74) is 0. The van der Waals surface area contributed by atoms with Crippen molar-refractivity contribution in [3.05, 3.63) is 0 Å². The highest BCUT2D eigenvalue weighted by Crippen LogP contribution is 2.36. The maximum absolute atomic E-state index is 13.4. The Labute approximate surface area is 146 Å². The van der Waals surface area contributed by atoms with Gasteiger partial charge in [0.25, 0.3) is 0 Å². The average molecular weight is 334 g/mol. The molecule has 0 unspecified atom stereocenters. The highest BCUT2D eigenvalue weighted by molar-refractivity contribution is 5.85. The highest BCUT2D eigenvalue weighted by Gasteiger charge is 2.40. The van der Waals surface area contributed by atoms with Crippen molar-refractivity contribution < 1.29 is 14.7 Å². The maximum atomic E-state index is 13.4. The summed E-state index contributed by atoms with van der Waals surface area (Å²) in [6, 6.07) is 0.692. The van der Waals surface area contributed by atoms with E-state index < -0.39 is 11.9 Å². The Bertz CT molecular complexity index is 420. The maximum Gasteiger partial charge on any atom is 0.226 e. The topological polar surface area (TPSA) is 60.4 Å². The lowest BCUT2D eigenvalue weighted by Gasteiger charge is -2.45. The van der Waals surface area contributed by atoms with E-state index in [1.807, 2.05) is 0 Å². The SMILES string of the molecule is O=C([O-])[C@H]1CCCC[C@H]1C(=O)N(C1CCCCC1)C1CCCCC1. The van der Waals surface area contributed by atoms with E-state index in [9.17, 15) is 14.7 Å². The summed E-state index contributed by atoms with van der Waals surface area (Å²) in [6.45, 7) is 0. The number of amides is 1. The van der Waals surface area contributed by atoms with Gasteiger partial charge >= 0.3 is 0 Å². The molecule has 24 heavy (non-hydrogen) atoms. The fourth-order valence-electron chi connectivity index (χ4n) is 5.28. The van der Waals surface area contributed by atoms with Gasteiger partial charge in [-0.25, -0.2) is 0 Å². The predicted molar refractivity (Wildman–Crippen MR) is 91.0 cm³/mol. The molecule has 1 amide bonds. The number of carbonyl (C=O) groups is 2. The summed E-state index contributed by atoms with van der Waals surface area (Å²) < 4.78 is 0. The summed E-state index contributed by atoms with van der Waals surface area (Å²) in [4.78, 5) is 27.2. The van der Waals surface area contributed by atoms with Crippen LogP contribution in [0.15, 0.2) is 0 Å². The molecule has 3 saturated carbocycles. The Morgan fingerprint density at radius 1 is 0.625 bits per heavy atom. The van der Waals surface area contributed by atoms with Crippen molar-refractivity contribution in [1.29, 1.82) is 0 Å². The van der Waals surface area contributed by atoms with Crippen LogP contribution in [-0.4, -0.2) is 28.9 Å². The minimum absolute atomic E-state index is 0.141. The van der Waals surface area contributed by atoms with Crippen molar-refractivity contribution in [2.75, 3.05) is 0 Å². The standard InChI is InChI=1S/C20H33NO3/c22-19(17-13-7-8-14-18(17)20(23)24)21(15-9-3-1-4-10-15)16-11-5-2-6-12-16/h15-18H,1-14H2,(H,23,24)/p-1/t17-,18+/m1/s1. The fourth-order valence-corrected chi connectivity index (χ4v) is 5.28. The molecule has 0 heterocycles. The van der Waals surface area contributed by atoms with Crippen LogP contribution in [0.25, 0.3) is 0 Å². The molecule has 0 aliphatic heterocycles. The number of nitrogens with zero attached hydrogens (tertiary/aromatic N) is 1. The molecule has 0 aromatic carbocycles. The third kappa shape index (κ3) is 3.94. The van der Waals surface area contributed by atoms with E-state index in [4.69, 9.17) is 0 Å². The van der Waals surface area contributed by atoms with E-state index in [-0.39, 0.29) is 11.8 Å². The molecule has 136 valence electrons. The molecule has 0 bridgehead atoms. The smallest absolute Gasteiger partial charge is 0.226 e. The zero-order valence-electron chi connectivity index (χ0n) is 14.9. The largest absolute Gasteiger partial charge is 0.550 e. The van der Waals surface area contributed by atoms with Crippen LogP contribution in [0.5, 0.6) is 0 Å². The predicted octanol–water partition coefficient (Wildman–Crippen LogP) is 3.04. The summed E-state index contributed by atoms with van der Waals surface area (Å²) in [6.07, 6.45) is 15.0. The van der Waals surface area contributed by atoms with Gasteiger partial charge in [0.1, 0.15) is 0 Å². The number of carboxylic acid groups (broad SMARTS) is 1. The Hall–Kier alpha value is -1.06. The average Bonchev–Trinajstić information content (AvgIpc) is 2.63. The zero-order chi connectivity index (χ0) is 16.9. The second-order valence-electron chi connectivity index (χ2n) is 8.15. The number of aliphatic carboxylic acids is 1. The van der Waals surface area contributed by atoms with E-state index >= 15 is 0 Å². The Morgan fingerprint density at radius 3 is 1.50 bits per heavy atom. The zero-order valence-corrected chi connectivity index (χ0v) is 14.9. The van der Waals surface area contributed by atoms with Gasteiger partial charge in [-0.3, -0.25) is 4.79 Å². The van der Waals surface area contributed by atoms with Crippen LogP contribution in [0.1, 0.15) is 89.9 Å². The lowest BCUT2D eigenvalue weighted by Crippen LogP contribution is -2.54. The van der Waals surface area contributed by atoms with E-state index in [1.165, 1.54) is 38.5 Å². The number of hydrogen-bond donors (Lipinski definition) is 0. The van der Waals surface area contributed by atoms with Crippen LogP contribution in [0.2, 0.25) is 0 Å². The van der Waals surface area contributed by atoms with Gasteiger partial charge in [-0.2, -0.15) is 0 Å². The number of hydrogen-bond acceptors (Lipinski definition) is 3. The molecule has 0 aromatic rings. The molecule has 0 radical (unpaired) electrons. The van der Waals surface area contributed by atoms with Crippen molar-refractivity contribution in [3.63, 3.8) is 0 Å². The van der Waals surface area contributed by atoms with E-state index in [1.54, 1.807) is 0 Å². The quantitative estimate of drug-likeness (QED) is 0.794. The molecule has 4 heteroatoms. The number of carboxylic acids is 1. The molecular formula is C20H32NO3-. The fraction of sp³-hybridized carbons (Fsp3) is 0.900. The second kappa shape index (κ2) is 8.35. The molecule has 3 aliphatic carbocycles. The first kappa shape index (κ1) is 17.8. The van der Waals surface area contributed by atoms with Gasteiger partial charge in [0, 0.05) is 29.9 Å². The minimum Gasteiger partial charge on any atom is -0.550 e. The van der Waals surface area contributed by atoms with Crippen LogP contribution in [0, 0.1) is 11.8 Å². The van der Waals surface area contributed by atoms with Gasteiger partial charge in [0.05, 0.1) is 0 Å². The van der Waals surface area contributed by atoms with Crippen molar-refractivity contribution in [2.45, 2.75) is 102 Å². The van der Waals surface area contributed by atoms with Gasteiger partial charge in [-0.15, -0.1) is 0 Å². The normalized spacial score (nSPS) is 30.0. The van der Waals surface area contributed by atoms with Crippen LogP contribution in [-0.2, 0) is 9.59 Å². The van der Waals surface area contributed by atoms with Crippen LogP contribution in [0.3, 0.4) is 0 Å². The summed E-state index contributed by atoms with van der Waals surface area (Å²) in [7, 11) is 0. The Morgan fingerprint density at radius 2 is 1.04 bits per heavy atom. The van der Waals surface area contributed by atoms with E-state index in [0.717, 1.165) is 44.9 Å². The van der Waals surface area contributed by atoms with Gasteiger partial charge in [-0.1, -0.05) is 51.4 Å². The van der Waals surface area contributed by atoms with Gasteiger partial charge in [0.2, 0.25) is 5.91 Å². The van der Waals surface area contributed by atoms with Crippen molar-refractivity contribution in [3.8, 4) is 0 Å². The summed E-state index contributed by atoms with van der Waals surface area (Å²) >= 11 is 0. The Kier molecular flexibility index (Phi) is 6.18. The molecule has 0 aromatic heterocycles. The molecule has 3 fully saturated rings. The first-order chi connectivity index (χ1) is 11.7. The van der Waals surface area contributed by atoms with Crippen molar-refractivity contribution >= 4 is 11.9 Å². The van der Waals surface area contributed by atoms with Crippen LogP contribution < -0.4 is 5.11 Å². The summed E-state index contributed by atoms with van der Waals surface area (Å²) in [5.74, 6) is -1.78. The Balaban J connectivity index is 1.79. The second-order valence-corrected chi connectivity index (χ2v) is 8.15. The van der Waals surface area contributed by atoms with E-state index in [0.29, 0.717) is 18.5 Å². The van der Waals surface area contributed by atoms with Crippen LogP contribution >= 0.6 is 0 Å². The monoisotopic (exact) mass is 334 g/mol. The minimum atomic E-state index is -1.01. The van der Waals surface area contributed by atoms with Crippen LogP contribution in [0.4, 0.5) is 0 Å². The molecule has 0 saturated heterocycles. The van der Waals surface area contributed by atoms with Gasteiger partial charge in [0.15, 0.2) is 0 Å². The van der Waals surface area contributed by atoms with Crippen molar-refractivity contribution in [2.24, 2.45) is 11.8 Å². The number of carbonyl (C=O) groups excluding carboxylic acids is 2. The number of rotatable bonds is 4. The molecule has 2 atom stereocenters. The summed E-state index contributed by atoms with van der Waals surface area (Å²) in [5, 5.41) is 11.6. The molecule has 0 spiro atoms. The van der Waals surface area contributed by atoms with Gasteiger partial charge < -0.3 is 14.8 Å². The lowest BCUT2D eigenvalue weighted by molar-refractivity contribution is -0.314. The molecule has 3 aliphatic rings. The van der Waals surface area contributed by atoms with Crippen molar-refractivity contribution in [1.82, 2.24) is 4.90 Å². The highest BCUT2D eigenvalue weighted by atomic mass is 16.4. The molecule has 3 rings (SSSR count). The third-order valence-electron chi connectivity index (χ3n) is 6.58. The first-order valence-corrected chi connectivity index (χ1v) is 10.2. The first-order valence-electron chi connectivity index (χ1n) is 10.2. The molecule has 0 N–H and O–H groups in total. The lowest BCUT2D eigenvalue weighted by atomic mass is 9.77. The molecular weight excluding hydrogens is 302 g/mol. The third-order valence-corrected chi connectivity index (χ3v) is 6.58.